The summed E-state index contributed by atoms with van der Waals surface area (Å²) in [6.45, 7) is 2.80. The number of sulfonamides is 1. The number of hydrogen-bond acceptors (Lipinski definition) is 4. The minimum atomic E-state index is -3.62. The Balaban J connectivity index is 2.01. The summed E-state index contributed by atoms with van der Waals surface area (Å²) in [6.07, 6.45) is 1.17. The average Bonchev–Trinajstić information content (AvgIpc) is 3.04. The number of nitrogens with zero attached hydrogens (tertiary/aromatic N) is 1. The molecule has 1 amide bonds. The second kappa shape index (κ2) is 8.84. The molecule has 0 spiro atoms. The Morgan fingerprint density at radius 2 is 1.88 bits per heavy atom. The normalized spacial score (nSPS) is 19.4. The lowest BCUT2D eigenvalue weighted by atomic mass is 9.95. The van der Waals surface area contributed by atoms with Crippen LogP contribution in [-0.2, 0) is 21.2 Å². The van der Waals surface area contributed by atoms with Crippen molar-refractivity contribution in [3.8, 4) is 11.1 Å². The molecule has 2 atom stereocenters. The van der Waals surface area contributed by atoms with Gasteiger partial charge in [0.15, 0.2) is 0 Å². The zero-order valence-corrected chi connectivity index (χ0v) is 18.7. The summed E-state index contributed by atoms with van der Waals surface area (Å²) in [5.74, 6) is -2.93. The first-order valence-corrected chi connectivity index (χ1v) is 11.9. The topological polar surface area (TPSA) is 86.7 Å². The molecule has 10 heteroatoms. The van der Waals surface area contributed by atoms with Crippen LogP contribution in [0.15, 0.2) is 36.4 Å². The van der Waals surface area contributed by atoms with Crippen LogP contribution >= 0.6 is 0 Å². The van der Waals surface area contributed by atoms with Gasteiger partial charge in [0, 0.05) is 23.7 Å². The van der Waals surface area contributed by atoms with Crippen molar-refractivity contribution in [2.45, 2.75) is 44.4 Å². The van der Waals surface area contributed by atoms with E-state index in [4.69, 9.17) is 0 Å². The number of carbonyl (C=O) groups excluding carboxylic acids is 1. The number of amides is 1. The van der Waals surface area contributed by atoms with Gasteiger partial charge in [0.1, 0.15) is 23.1 Å². The van der Waals surface area contributed by atoms with Gasteiger partial charge in [-0.05, 0) is 50.5 Å². The van der Waals surface area contributed by atoms with E-state index in [-0.39, 0.29) is 36.1 Å². The van der Waals surface area contributed by atoms with Crippen LogP contribution in [0.3, 0.4) is 0 Å². The van der Waals surface area contributed by atoms with E-state index in [0.29, 0.717) is 0 Å². The average molecular weight is 471 g/mol. The second-order valence-corrected chi connectivity index (χ2v) is 10.3. The third-order valence-electron chi connectivity index (χ3n) is 5.42. The molecule has 0 bridgehead atoms. The molecule has 2 aromatic carbocycles. The van der Waals surface area contributed by atoms with Gasteiger partial charge in [-0.15, -0.1) is 0 Å². The van der Waals surface area contributed by atoms with Gasteiger partial charge in [-0.2, -0.15) is 0 Å². The van der Waals surface area contributed by atoms with Crippen molar-refractivity contribution in [1.29, 1.82) is 0 Å². The number of benzene rings is 2. The largest absolute Gasteiger partial charge is 0.381 e. The van der Waals surface area contributed by atoms with Gasteiger partial charge < -0.3 is 10.0 Å². The molecule has 1 aliphatic rings. The summed E-state index contributed by atoms with van der Waals surface area (Å²) in [4.78, 5) is 14.1. The zero-order chi connectivity index (χ0) is 23.8. The predicted octanol–water partition coefficient (Wildman–Crippen LogP) is 2.60. The van der Waals surface area contributed by atoms with Crippen molar-refractivity contribution < 1.29 is 31.5 Å². The second-order valence-electron chi connectivity index (χ2n) is 8.52. The van der Waals surface area contributed by atoms with Crippen molar-refractivity contribution in [1.82, 2.24) is 9.62 Å². The van der Waals surface area contributed by atoms with Crippen molar-refractivity contribution >= 4 is 15.9 Å². The molecule has 0 aromatic heterocycles. The summed E-state index contributed by atoms with van der Waals surface area (Å²) in [5.41, 5.74) is -1.99. The van der Waals surface area contributed by atoms with E-state index in [1.165, 1.54) is 36.9 Å². The van der Waals surface area contributed by atoms with Gasteiger partial charge >= 0.3 is 0 Å². The Labute approximate surface area is 185 Å². The molecule has 6 nitrogen and oxygen atoms in total. The highest BCUT2D eigenvalue weighted by Gasteiger charge is 2.42. The smallest absolute Gasteiger partial charge is 0.254 e. The van der Waals surface area contributed by atoms with Crippen LogP contribution in [0.1, 0.15) is 25.8 Å². The lowest BCUT2D eigenvalue weighted by Gasteiger charge is -2.32. The first-order valence-electron chi connectivity index (χ1n) is 10.0. The third-order valence-corrected chi connectivity index (χ3v) is 6.15. The van der Waals surface area contributed by atoms with E-state index in [0.717, 1.165) is 24.5 Å². The van der Waals surface area contributed by atoms with Crippen LogP contribution in [0.25, 0.3) is 11.1 Å². The van der Waals surface area contributed by atoms with Crippen LogP contribution in [0.2, 0.25) is 0 Å². The third kappa shape index (κ3) is 5.31. The molecule has 1 heterocycles. The molecule has 2 N–H and O–H groups in total. The summed E-state index contributed by atoms with van der Waals surface area (Å²) in [7, 11) is -3.62. The van der Waals surface area contributed by atoms with Crippen LogP contribution in [0.5, 0.6) is 0 Å². The first-order chi connectivity index (χ1) is 14.8. The fraction of sp³-hybridized carbons (Fsp3) is 0.409. The van der Waals surface area contributed by atoms with E-state index in [1.54, 1.807) is 0 Å². The van der Waals surface area contributed by atoms with Gasteiger partial charge in [0.05, 0.1) is 12.3 Å². The van der Waals surface area contributed by atoms with Crippen molar-refractivity contribution in [2.75, 3.05) is 12.8 Å². The van der Waals surface area contributed by atoms with Crippen LogP contribution in [0.4, 0.5) is 13.2 Å². The van der Waals surface area contributed by atoms with Gasteiger partial charge in [0.25, 0.3) is 5.91 Å². The predicted molar refractivity (Wildman–Crippen MR) is 114 cm³/mol. The van der Waals surface area contributed by atoms with E-state index < -0.39 is 51.1 Å². The molecular formula is C22H25F3N2O4S. The zero-order valence-electron chi connectivity index (χ0n) is 17.9. The summed E-state index contributed by atoms with van der Waals surface area (Å²) in [6, 6.07) is 5.48. The summed E-state index contributed by atoms with van der Waals surface area (Å²) < 4.78 is 69.3. The molecule has 0 saturated carbocycles. The Bertz CT molecular complexity index is 1130. The van der Waals surface area contributed by atoms with Gasteiger partial charge in [-0.25, -0.2) is 26.3 Å². The molecule has 1 aliphatic heterocycles. The minimum absolute atomic E-state index is 0.0917. The molecule has 0 aliphatic carbocycles. The molecule has 32 heavy (non-hydrogen) atoms. The van der Waals surface area contributed by atoms with Crippen LogP contribution < -0.4 is 4.72 Å². The molecule has 0 radical (unpaired) electrons. The number of aliphatic hydroxyl groups is 1. The van der Waals surface area contributed by atoms with Gasteiger partial charge in [0.2, 0.25) is 10.0 Å². The highest BCUT2D eigenvalue weighted by atomic mass is 32.2. The van der Waals surface area contributed by atoms with Crippen molar-refractivity contribution in [3.63, 3.8) is 0 Å². The minimum Gasteiger partial charge on any atom is -0.381 e. The number of hydrogen-bond donors (Lipinski definition) is 2. The molecule has 3 rings (SSSR count). The maximum absolute atomic E-state index is 15.4. The highest BCUT2D eigenvalue weighted by molar-refractivity contribution is 7.88. The first kappa shape index (κ1) is 24.2. The molecule has 174 valence electrons. The van der Waals surface area contributed by atoms with E-state index in [9.17, 15) is 27.1 Å². The molecule has 1 saturated heterocycles. The summed E-state index contributed by atoms with van der Waals surface area (Å²) >= 11 is 0. The number of likely N-dealkylation sites (tertiary alicyclic amines) is 1. The number of carbonyl (C=O) groups is 1. The Kier molecular flexibility index (Phi) is 6.69. The van der Waals surface area contributed by atoms with E-state index in [2.05, 4.69) is 4.72 Å². The molecule has 0 unspecified atom stereocenters. The molecule has 2 aromatic rings. The van der Waals surface area contributed by atoms with Gasteiger partial charge in [-0.3, -0.25) is 4.79 Å². The van der Waals surface area contributed by atoms with Gasteiger partial charge in [-0.1, -0.05) is 18.2 Å². The molecular weight excluding hydrogens is 445 g/mol. The fourth-order valence-electron chi connectivity index (χ4n) is 4.00. The van der Waals surface area contributed by atoms with E-state index in [1.807, 2.05) is 0 Å². The standard InChI is InChI=1S/C22H25F3N2O4S/c1-22(2,29)21(28)27-10-9-18(26-32(3,30)31)19(27)11-13-5-4-6-15(20(13)25)16-12-14(23)7-8-17(16)24/h4-8,12,18-19,26,29H,9-11H2,1-3H3/t18-,19-/m0/s1. The number of halogens is 3. The van der Waals surface area contributed by atoms with Crippen molar-refractivity contribution in [3.05, 3.63) is 59.4 Å². The van der Waals surface area contributed by atoms with Crippen molar-refractivity contribution in [2.24, 2.45) is 0 Å². The highest BCUT2D eigenvalue weighted by Crippen LogP contribution is 2.31. The number of nitrogens with one attached hydrogen (secondary N) is 1. The maximum Gasteiger partial charge on any atom is 0.254 e. The Morgan fingerprint density at radius 3 is 2.50 bits per heavy atom. The Hall–Kier alpha value is -2.43. The SMILES string of the molecule is CC(C)(O)C(=O)N1CC[C@H](NS(C)(=O)=O)[C@@H]1Cc1cccc(-c2cc(F)ccc2F)c1F. The lowest BCUT2D eigenvalue weighted by Crippen LogP contribution is -2.52. The van der Waals surface area contributed by atoms with Crippen LogP contribution in [-0.4, -0.2) is 54.8 Å². The Morgan fingerprint density at radius 1 is 1.19 bits per heavy atom. The lowest BCUT2D eigenvalue weighted by molar-refractivity contribution is -0.148. The van der Waals surface area contributed by atoms with E-state index >= 15 is 4.39 Å². The number of rotatable bonds is 6. The fourth-order valence-corrected chi connectivity index (χ4v) is 4.82. The monoisotopic (exact) mass is 470 g/mol. The maximum atomic E-state index is 15.4. The van der Waals surface area contributed by atoms with Crippen LogP contribution in [0, 0.1) is 17.5 Å². The quantitative estimate of drug-likeness (QED) is 0.680. The molecule has 1 fully saturated rings. The summed E-state index contributed by atoms with van der Waals surface area (Å²) in [5, 5.41) is 10.2.